The first-order valence-electron chi connectivity index (χ1n) is 5.10. The van der Waals surface area contributed by atoms with Crippen LogP contribution in [0.4, 0.5) is 0 Å². The van der Waals surface area contributed by atoms with Gasteiger partial charge in [0.15, 0.2) is 0 Å². The van der Waals surface area contributed by atoms with Gasteiger partial charge < -0.3 is 15.5 Å². The number of nitrogens with one attached hydrogen (secondary N) is 1. The number of ether oxygens (including phenoxy) is 1. The number of nitrogens with two attached hydrogens (primary N) is 1. The Hall–Kier alpha value is -0.910. The minimum absolute atomic E-state index is 0.105. The predicted molar refractivity (Wildman–Crippen MR) is 67.2 cm³/mol. The topological polar surface area (TPSA) is 63.9 Å². The molecule has 4 nitrogen and oxygen atoms in total. The number of aromatic amines is 1. The van der Waals surface area contributed by atoms with Crippen LogP contribution in [-0.4, -0.2) is 23.7 Å². The maximum absolute atomic E-state index is 6.00. The van der Waals surface area contributed by atoms with Crippen LogP contribution in [-0.2, 0) is 4.74 Å². The summed E-state index contributed by atoms with van der Waals surface area (Å²) in [5.74, 6) is 0.810. The molecule has 2 aromatic rings. The van der Waals surface area contributed by atoms with Crippen molar-refractivity contribution in [1.82, 2.24) is 9.97 Å². The molecule has 1 aromatic carbocycles. The average molecular weight is 284 g/mol. The lowest BCUT2D eigenvalue weighted by Crippen LogP contribution is -2.14. The van der Waals surface area contributed by atoms with Crippen LogP contribution in [0.1, 0.15) is 18.3 Å². The van der Waals surface area contributed by atoms with Gasteiger partial charge in [0, 0.05) is 18.2 Å². The quantitative estimate of drug-likeness (QED) is 0.906. The molecule has 1 unspecified atom stereocenters. The van der Waals surface area contributed by atoms with E-state index in [-0.39, 0.29) is 6.04 Å². The highest BCUT2D eigenvalue weighted by Crippen LogP contribution is 2.20. The fourth-order valence-electron chi connectivity index (χ4n) is 1.56. The normalized spacial score (nSPS) is 13.2. The molecule has 5 heteroatoms. The molecule has 0 saturated heterocycles. The number of imidazole rings is 1. The molecule has 0 aliphatic rings. The molecule has 0 fully saturated rings. The number of H-pyrrole nitrogens is 1. The van der Waals surface area contributed by atoms with Crippen LogP contribution in [0.3, 0.4) is 0 Å². The first kappa shape index (κ1) is 11.6. The third-order valence-electron chi connectivity index (χ3n) is 2.45. The number of hydrogen-bond donors (Lipinski definition) is 2. The Morgan fingerprint density at radius 1 is 1.56 bits per heavy atom. The highest BCUT2D eigenvalue weighted by Gasteiger charge is 2.10. The van der Waals surface area contributed by atoms with E-state index in [1.165, 1.54) is 0 Å². The number of rotatable bonds is 4. The Bertz CT molecular complexity index is 483. The van der Waals surface area contributed by atoms with Gasteiger partial charge in [-0.05, 0) is 24.6 Å². The summed E-state index contributed by atoms with van der Waals surface area (Å²) in [7, 11) is 1.67. The van der Waals surface area contributed by atoms with Crippen LogP contribution in [0.2, 0.25) is 0 Å². The number of nitrogens with zero attached hydrogens (tertiary/aromatic N) is 1. The van der Waals surface area contributed by atoms with Crippen LogP contribution in [0.25, 0.3) is 11.0 Å². The Morgan fingerprint density at radius 2 is 2.38 bits per heavy atom. The van der Waals surface area contributed by atoms with E-state index in [4.69, 9.17) is 10.5 Å². The molecule has 0 aliphatic heterocycles. The zero-order chi connectivity index (χ0) is 11.5. The van der Waals surface area contributed by atoms with Crippen LogP contribution in [0.5, 0.6) is 0 Å². The summed E-state index contributed by atoms with van der Waals surface area (Å²) in [4.78, 5) is 7.67. The van der Waals surface area contributed by atoms with Crippen molar-refractivity contribution in [3.63, 3.8) is 0 Å². The number of halogens is 1. The minimum atomic E-state index is -0.105. The molecule has 0 radical (unpaired) electrons. The summed E-state index contributed by atoms with van der Waals surface area (Å²) in [5.41, 5.74) is 7.93. The molecule has 3 N–H and O–H groups in total. The summed E-state index contributed by atoms with van der Waals surface area (Å²) in [6.45, 7) is 0.641. The predicted octanol–water partition coefficient (Wildman–Crippen LogP) is 2.36. The molecular weight excluding hydrogens is 270 g/mol. The lowest BCUT2D eigenvalue weighted by Gasteiger charge is -2.06. The fraction of sp³-hybridized carbons (Fsp3) is 0.364. The molecule has 0 amide bonds. The van der Waals surface area contributed by atoms with Gasteiger partial charge in [-0.1, -0.05) is 15.9 Å². The van der Waals surface area contributed by atoms with Crippen molar-refractivity contribution in [3.8, 4) is 0 Å². The maximum atomic E-state index is 6.00. The Balaban J connectivity index is 2.25. The van der Waals surface area contributed by atoms with Gasteiger partial charge in [0.2, 0.25) is 0 Å². The zero-order valence-electron chi connectivity index (χ0n) is 9.03. The second-order valence-electron chi connectivity index (χ2n) is 3.67. The summed E-state index contributed by atoms with van der Waals surface area (Å²) >= 11 is 3.42. The average Bonchev–Trinajstić information content (AvgIpc) is 2.68. The number of methoxy groups -OCH3 is 1. The fourth-order valence-corrected chi connectivity index (χ4v) is 1.92. The molecule has 16 heavy (non-hydrogen) atoms. The molecule has 0 aliphatic carbocycles. The van der Waals surface area contributed by atoms with Crippen molar-refractivity contribution >= 4 is 27.0 Å². The number of aromatic nitrogens is 2. The molecular formula is C11H14BrN3O. The largest absolute Gasteiger partial charge is 0.385 e. The van der Waals surface area contributed by atoms with E-state index in [9.17, 15) is 0 Å². The van der Waals surface area contributed by atoms with Gasteiger partial charge in [-0.25, -0.2) is 4.98 Å². The summed E-state index contributed by atoms with van der Waals surface area (Å²) < 4.78 is 6.03. The van der Waals surface area contributed by atoms with Gasteiger partial charge >= 0.3 is 0 Å². The Kier molecular flexibility index (Phi) is 3.58. The minimum Gasteiger partial charge on any atom is -0.385 e. The van der Waals surface area contributed by atoms with Crippen molar-refractivity contribution in [1.29, 1.82) is 0 Å². The lowest BCUT2D eigenvalue weighted by molar-refractivity contribution is 0.187. The summed E-state index contributed by atoms with van der Waals surface area (Å²) in [6, 6.07) is 5.82. The molecule has 86 valence electrons. The van der Waals surface area contributed by atoms with E-state index < -0.39 is 0 Å². The standard InChI is InChI=1S/C11H14BrN3O/c1-16-5-4-8(13)11-14-9-3-2-7(12)6-10(9)15-11/h2-3,6,8H,4-5,13H2,1H3,(H,14,15). The van der Waals surface area contributed by atoms with Crippen LogP contribution >= 0.6 is 15.9 Å². The molecule has 1 aromatic heterocycles. The zero-order valence-corrected chi connectivity index (χ0v) is 10.6. The third kappa shape index (κ3) is 2.42. The summed E-state index contributed by atoms with van der Waals surface area (Å²) in [5, 5.41) is 0. The second-order valence-corrected chi connectivity index (χ2v) is 4.59. The van der Waals surface area contributed by atoms with Gasteiger partial charge in [-0.3, -0.25) is 0 Å². The number of hydrogen-bond acceptors (Lipinski definition) is 3. The molecule has 1 heterocycles. The van der Waals surface area contributed by atoms with Crippen molar-refractivity contribution in [2.75, 3.05) is 13.7 Å². The monoisotopic (exact) mass is 283 g/mol. The van der Waals surface area contributed by atoms with Crippen molar-refractivity contribution in [2.24, 2.45) is 5.73 Å². The van der Waals surface area contributed by atoms with Crippen molar-refractivity contribution in [3.05, 3.63) is 28.5 Å². The van der Waals surface area contributed by atoms with E-state index in [0.29, 0.717) is 6.61 Å². The van der Waals surface area contributed by atoms with E-state index in [0.717, 1.165) is 27.8 Å². The molecule has 0 saturated carbocycles. The van der Waals surface area contributed by atoms with Gasteiger partial charge in [-0.15, -0.1) is 0 Å². The highest BCUT2D eigenvalue weighted by molar-refractivity contribution is 9.10. The van der Waals surface area contributed by atoms with Crippen LogP contribution in [0, 0.1) is 0 Å². The van der Waals surface area contributed by atoms with Crippen LogP contribution < -0.4 is 5.73 Å². The third-order valence-corrected chi connectivity index (χ3v) is 2.94. The smallest absolute Gasteiger partial charge is 0.124 e. The number of fused-ring (bicyclic) bond motifs is 1. The number of benzene rings is 1. The van der Waals surface area contributed by atoms with Gasteiger partial charge in [0.05, 0.1) is 17.1 Å². The van der Waals surface area contributed by atoms with Gasteiger partial charge in [-0.2, -0.15) is 0 Å². The molecule has 1 atom stereocenters. The first-order chi connectivity index (χ1) is 7.70. The van der Waals surface area contributed by atoms with Gasteiger partial charge in [0.1, 0.15) is 5.82 Å². The van der Waals surface area contributed by atoms with E-state index in [1.54, 1.807) is 7.11 Å². The highest BCUT2D eigenvalue weighted by atomic mass is 79.9. The Labute approximate surface area is 102 Å². The maximum Gasteiger partial charge on any atom is 0.124 e. The molecule has 0 bridgehead atoms. The second kappa shape index (κ2) is 4.95. The summed E-state index contributed by atoms with van der Waals surface area (Å²) in [6.07, 6.45) is 0.761. The van der Waals surface area contributed by atoms with Crippen molar-refractivity contribution < 1.29 is 4.74 Å². The van der Waals surface area contributed by atoms with Crippen molar-refractivity contribution in [2.45, 2.75) is 12.5 Å². The SMILES string of the molecule is COCCC(N)c1nc2ccc(Br)cc2[nH]1. The molecule has 0 spiro atoms. The van der Waals surface area contributed by atoms with Gasteiger partial charge in [0.25, 0.3) is 0 Å². The Morgan fingerprint density at radius 3 is 3.12 bits per heavy atom. The first-order valence-corrected chi connectivity index (χ1v) is 5.89. The van der Waals surface area contributed by atoms with E-state index in [2.05, 4.69) is 25.9 Å². The van der Waals surface area contributed by atoms with Crippen LogP contribution in [0.15, 0.2) is 22.7 Å². The lowest BCUT2D eigenvalue weighted by atomic mass is 10.2. The van der Waals surface area contributed by atoms with E-state index in [1.807, 2.05) is 18.2 Å². The van der Waals surface area contributed by atoms with E-state index >= 15 is 0 Å². The molecule has 2 rings (SSSR count).